The molecule has 13 nitrogen and oxygen atoms in total. The summed E-state index contributed by atoms with van der Waals surface area (Å²) >= 11 is 6.42. The molecular formula is C35H38ClFN8O5. The normalized spacial score (nSPS) is 20.6. The van der Waals surface area contributed by atoms with Crippen LogP contribution in [0.4, 0.5) is 15.8 Å². The Morgan fingerprint density at radius 1 is 0.940 bits per heavy atom. The number of halogens is 2. The van der Waals surface area contributed by atoms with Crippen LogP contribution in [0.3, 0.4) is 0 Å². The molecule has 2 aliphatic rings. The average Bonchev–Trinajstić information content (AvgIpc) is 3.88. The molecule has 2 saturated heterocycles. The maximum absolute atomic E-state index is 13.8. The maximum Gasteiger partial charge on any atom is 0.350 e. The number of aliphatic hydroxyl groups excluding tert-OH is 1. The van der Waals surface area contributed by atoms with E-state index in [9.17, 15) is 14.3 Å². The summed E-state index contributed by atoms with van der Waals surface area (Å²) in [5.74, 6) is -1.05. The highest BCUT2D eigenvalue weighted by molar-refractivity contribution is 6.31. The molecule has 3 aromatic carbocycles. The molecular weight excluding hydrogens is 667 g/mol. The molecule has 4 unspecified atom stereocenters. The predicted molar refractivity (Wildman–Crippen MR) is 185 cm³/mol. The van der Waals surface area contributed by atoms with Crippen molar-refractivity contribution >= 4 is 23.0 Å². The molecule has 5 aromatic rings. The van der Waals surface area contributed by atoms with Gasteiger partial charge in [-0.1, -0.05) is 11.6 Å². The van der Waals surface area contributed by atoms with E-state index in [-0.39, 0.29) is 30.5 Å². The van der Waals surface area contributed by atoms with E-state index in [2.05, 4.69) is 25.1 Å². The molecule has 4 heterocycles. The molecule has 4 atom stereocenters. The van der Waals surface area contributed by atoms with E-state index < -0.39 is 29.9 Å². The summed E-state index contributed by atoms with van der Waals surface area (Å²) in [5, 5.41) is 22.6. The van der Waals surface area contributed by atoms with E-state index in [1.165, 1.54) is 32.5 Å². The molecule has 50 heavy (non-hydrogen) atoms. The van der Waals surface area contributed by atoms with Crippen molar-refractivity contribution in [3.8, 4) is 11.4 Å². The Labute approximate surface area is 293 Å². The van der Waals surface area contributed by atoms with Crippen molar-refractivity contribution in [1.82, 2.24) is 29.3 Å². The average molecular weight is 705 g/mol. The number of anilines is 2. The van der Waals surface area contributed by atoms with Crippen molar-refractivity contribution in [2.24, 2.45) is 0 Å². The Bertz CT molecular complexity index is 1950. The van der Waals surface area contributed by atoms with Gasteiger partial charge in [-0.15, -0.1) is 0 Å². The summed E-state index contributed by atoms with van der Waals surface area (Å²) in [6.45, 7) is 7.39. The number of aliphatic hydroxyl groups is 1. The van der Waals surface area contributed by atoms with Crippen molar-refractivity contribution in [3.63, 3.8) is 0 Å². The van der Waals surface area contributed by atoms with Crippen molar-refractivity contribution in [2.75, 3.05) is 49.2 Å². The molecule has 1 N–H and O–H groups in total. The fourth-order valence-electron chi connectivity index (χ4n) is 6.23. The summed E-state index contributed by atoms with van der Waals surface area (Å²) in [7, 11) is 0. The second-order valence-corrected chi connectivity index (χ2v) is 12.9. The van der Waals surface area contributed by atoms with Gasteiger partial charge in [-0.3, -0.25) is 0 Å². The van der Waals surface area contributed by atoms with E-state index in [0.29, 0.717) is 11.3 Å². The highest BCUT2D eigenvalue weighted by Crippen LogP contribution is 2.40. The lowest BCUT2D eigenvalue weighted by molar-refractivity contribution is -0.192. The van der Waals surface area contributed by atoms with E-state index >= 15 is 0 Å². The highest BCUT2D eigenvalue weighted by atomic mass is 35.5. The Hall–Kier alpha value is -4.76. The third kappa shape index (κ3) is 6.97. The third-order valence-electron chi connectivity index (χ3n) is 9.21. The number of ether oxygens (including phenoxy) is 3. The standard InChI is InChI=1S/C35H38ClFN8O5/c1-24(25(2)46)45-34(47)43(23-40-45)29-6-4-27(5-7-29)41-15-17-42(18-16-41)28-8-10-30(11-9-28)48-20-31-21-49-35(50-31,22-44-38-13-14-39-44)32-12-3-26(37)19-33(32)36/h3-14,19,23-25,31,46H,15-18,20-22H2,1-2H3. The third-order valence-corrected chi connectivity index (χ3v) is 9.52. The van der Waals surface area contributed by atoms with Gasteiger partial charge in [0.15, 0.2) is 0 Å². The molecule has 7 rings (SSSR count). The van der Waals surface area contributed by atoms with Gasteiger partial charge < -0.3 is 29.1 Å². The quantitative estimate of drug-likeness (QED) is 0.216. The fraction of sp³-hybridized carbons (Fsp3) is 0.371. The molecule has 15 heteroatoms. The van der Waals surface area contributed by atoms with Crippen molar-refractivity contribution in [2.45, 2.75) is 44.4 Å². The van der Waals surface area contributed by atoms with E-state index in [0.717, 1.165) is 43.2 Å². The molecule has 0 saturated carbocycles. The van der Waals surface area contributed by atoms with Crippen molar-refractivity contribution in [3.05, 3.63) is 112 Å². The van der Waals surface area contributed by atoms with Gasteiger partial charge in [-0.2, -0.15) is 20.1 Å². The minimum atomic E-state index is -1.30. The first-order chi connectivity index (χ1) is 24.2. The zero-order valence-corrected chi connectivity index (χ0v) is 28.4. The number of hydrogen-bond donors (Lipinski definition) is 1. The van der Waals surface area contributed by atoms with Gasteiger partial charge >= 0.3 is 5.69 Å². The number of nitrogens with zero attached hydrogens (tertiary/aromatic N) is 8. The smallest absolute Gasteiger partial charge is 0.350 e. The lowest BCUT2D eigenvalue weighted by Gasteiger charge is -2.37. The van der Waals surface area contributed by atoms with E-state index in [1.807, 2.05) is 48.5 Å². The molecule has 2 aliphatic heterocycles. The maximum atomic E-state index is 13.8. The van der Waals surface area contributed by atoms with Crippen molar-refractivity contribution in [1.29, 1.82) is 0 Å². The van der Waals surface area contributed by atoms with Gasteiger partial charge in [0.1, 0.15) is 37.1 Å². The molecule has 2 fully saturated rings. The summed E-state index contributed by atoms with van der Waals surface area (Å²) in [6, 6.07) is 19.5. The summed E-state index contributed by atoms with van der Waals surface area (Å²) in [4.78, 5) is 18.9. The second kappa shape index (κ2) is 14.2. The number of piperazine rings is 1. The topological polar surface area (TPSA) is 125 Å². The van der Waals surface area contributed by atoms with Crippen LogP contribution in [0, 0.1) is 5.82 Å². The van der Waals surface area contributed by atoms with Gasteiger partial charge in [0.2, 0.25) is 5.79 Å². The Balaban J connectivity index is 0.924. The highest BCUT2D eigenvalue weighted by Gasteiger charge is 2.46. The van der Waals surface area contributed by atoms with Gasteiger partial charge in [-0.25, -0.2) is 18.4 Å². The van der Waals surface area contributed by atoms with Gasteiger partial charge in [0.25, 0.3) is 0 Å². The molecule has 0 bridgehead atoms. The zero-order chi connectivity index (χ0) is 34.8. The zero-order valence-electron chi connectivity index (χ0n) is 27.7. The van der Waals surface area contributed by atoms with Crippen LogP contribution in [-0.2, 0) is 21.8 Å². The monoisotopic (exact) mass is 704 g/mol. The van der Waals surface area contributed by atoms with Crippen LogP contribution in [-0.4, -0.2) is 86.0 Å². The van der Waals surface area contributed by atoms with Crippen LogP contribution in [0.5, 0.6) is 5.75 Å². The first-order valence-electron chi connectivity index (χ1n) is 16.5. The van der Waals surface area contributed by atoms with Crippen LogP contribution >= 0.6 is 11.6 Å². The van der Waals surface area contributed by atoms with Gasteiger partial charge in [0.05, 0.1) is 41.9 Å². The van der Waals surface area contributed by atoms with Crippen LogP contribution in [0.1, 0.15) is 25.5 Å². The number of rotatable bonds is 11. The fourth-order valence-corrected chi connectivity index (χ4v) is 6.54. The summed E-state index contributed by atoms with van der Waals surface area (Å²) in [6.07, 6.45) is 3.51. The van der Waals surface area contributed by atoms with Gasteiger partial charge in [-0.05, 0) is 80.6 Å². The molecule has 0 radical (unpaired) electrons. The molecule has 0 spiro atoms. The lowest BCUT2D eigenvalue weighted by atomic mass is 10.1. The van der Waals surface area contributed by atoms with Gasteiger partial charge in [0, 0.05) is 43.1 Å². The van der Waals surface area contributed by atoms with Crippen molar-refractivity contribution < 1.29 is 23.7 Å². The summed E-state index contributed by atoms with van der Waals surface area (Å²) < 4.78 is 35.2. The molecule has 262 valence electrons. The van der Waals surface area contributed by atoms with E-state index in [1.54, 1.807) is 32.3 Å². The Morgan fingerprint density at radius 3 is 2.18 bits per heavy atom. The van der Waals surface area contributed by atoms with Crippen LogP contribution in [0.25, 0.3) is 5.69 Å². The first kappa shape index (κ1) is 33.7. The lowest BCUT2D eigenvalue weighted by Crippen LogP contribution is -2.46. The summed E-state index contributed by atoms with van der Waals surface area (Å²) in [5.41, 5.74) is 3.11. The van der Waals surface area contributed by atoms with E-state index in [4.69, 9.17) is 25.8 Å². The Morgan fingerprint density at radius 2 is 1.56 bits per heavy atom. The Kier molecular flexibility index (Phi) is 9.60. The van der Waals surface area contributed by atoms with Crippen LogP contribution < -0.4 is 20.2 Å². The second-order valence-electron chi connectivity index (χ2n) is 12.5. The van der Waals surface area contributed by atoms with Crippen LogP contribution in [0.15, 0.2) is 90.2 Å². The minimum absolute atomic E-state index is 0.133. The SMILES string of the molecule is CC(O)C(C)n1ncn(-c2ccc(N3CCN(c4ccc(OCC5COC(Cn6nccn6)(c6ccc(F)cc6Cl)O5)cc4)CC3)cc2)c1=O. The molecule has 2 aromatic heterocycles. The number of hydrogen-bond acceptors (Lipinski definition) is 10. The minimum Gasteiger partial charge on any atom is -0.491 e. The predicted octanol–water partition coefficient (Wildman–Crippen LogP) is 4.03. The largest absolute Gasteiger partial charge is 0.491 e. The number of benzene rings is 3. The molecule has 0 amide bonds. The molecule has 0 aliphatic carbocycles. The van der Waals surface area contributed by atoms with Crippen LogP contribution in [0.2, 0.25) is 5.02 Å². The first-order valence-corrected chi connectivity index (χ1v) is 16.9. The number of aromatic nitrogens is 6.